The van der Waals surface area contributed by atoms with Gasteiger partial charge in [0.2, 0.25) is 0 Å². The van der Waals surface area contributed by atoms with Crippen molar-refractivity contribution in [3.8, 4) is 0 Å². The van der Waals surface area contributed by atoms with E-state index in [0.717, 1.165) is 24.9 Å². The normalized spacial score (nSPS) is 10.8. The molecule has 1 rings (SSSR count). The summed E-state index contributed by atoms with van der Waals surface area (Å²) in [5.41, 5.74) is 0.946. The van der Waals surface area contributed by atoms with Gasteiger partial charge in [0.05, 0.1) is 4.92 Å². The van der Waals surface area contributed by atoms with Gasteiger partial charge in [0.1, 0.15) is 0 Å². The molecule has 0 aliphatic rings. The summed E-state index contributed by atoms with van der Waals surface area (Å²) in [5.74, 6) is 0. The molecular weight excluding hydrogens is 228 g/mol. The van der Waals surface area contributed by atoms with Crippen molar-refractivity contribution in [3.05, 3.63) is 38.9 Å². The van der Waals surface area contributed by atoms with Gasteiger partial charge in [0.15, 0.2) is 0 Å². The van der Waals surface area contributed by atoms with Gasteiger partial charge in [-0.25, -0.2) is 0 Å². The number of non-ortho nitro benzene ring substituents is 1. The lowest BCUT2D eigenvalue weighted by Crippen LogP contribution is -2.13. The van der Waals surface area contributed by atoms with Crippen LogP contribution in [-0.4, -0.2) is 30.5 Å². The maximum Gasteiger partial charge on any atom is 0.269 e. The van der Waals surface area contributed by atoms with E-state index in [4.69, 9.17) is 11.6 Å². The lowest BCUT2D eigenvalue weighted by molar-refractivity contribution is -0.384. The number of benzene rings is 1. The van der Waals surface area contributed by atoms with Crippen molar-refractivity contribution < 1.29 is 4.92 Å². The molecule has 88 valence electrons. The van der Waals surface area contributed by atoms with E-state index >= 15 is 0 Å². The minimum Gasteiger partial charge on any atom is -0.309 e. The van der Waals surface area contributed by atoms with Crippen LogP contribution in [-0.2, 0) is 6.42 Å². The fourth-order valence-corrected chi connectivity index (χ4v) is 1.66. The Balaban J connectivity index is 2.70. The molecule has 0 amide bonds. The molecule has 0 aliphatic carbocycles. The second-order valence-corrected chi connectivity index (χ2v) is 4.35. The molecule has 0 saturated carbocycles. The molecule has 0 bridgehead atoms. The summed E-state index contributed by atoms with van der Waals surface area (Å²) in [6.45, 7) is 0.943. The van der Waals surface area contributed by atoms with Crippen molar-refractivity contribution in [3.63, 3.8) is 0 Å². The van der Waals surface area contributed by atoms with Crippen LogP contribution in [0.3, 0.4) is 0 Å². The summed E-state index contributed by atoms with van der Waals surface area (Å²) in [6.07, 6.45) is 1.70. The quantitative estimate of drug-likeness (QED) is 0.589. The Bertz CT molecular complexity index is 380. The van der Waals surface area contributed by atoms with Crippen LogP contribution in [0, 0.1) is 10.1 Å². The van der Waals surface area contributed by atoms with Crippen LogP contribution in [0.15, 0.2) is 18.2 Å². The van der Waals surface area contributed by atoms with Gasteiger partial charge in [0, 0.05) is 17.2 Å². The standard InChI is InChI=1S/C11H15ClN2O2/c1-13(2)7-3-4-9-8-10(14(15)16)5-6-11(9)12/h5-6,8H,3-4,7H2,1-2H3. The Morgan fingerprint density at radius 2 is 2.12 bits per heavy atom. The van der Waals surface area contributed by atoms with Crippen LogP contribution >= 0.6 is 11.6 Å². The number of halogens is 1. The highest BCUT2D eigenvalue weighted by atomic mass is 35.5. The van der Waals surface area contributed by atoms with E-state index in [1.54, 1.807) is 12.1 Å². The van der Waals surface area contributed by atoms with Crippen molar-refractivity contribution >= 4 is 17.3 Å². The molecule has 0 aromatic heterocycles. The van der Waals surface area contributed by atoms with E-state index < -0.39 is 4.92 Å². The van der Waals surface area contributed by atoms with Crippen molar-refractivity contribution in [1.29, 1.82) is 0 Å². The molecule has 1 aromatic rings. The van der Waals surface area contributed by atoms with Crippen molar-refractivity contribution in [2.45, 2.75) is 12.8 Å². The van der Waals surface area contributed by atoms with Gasteiger partial charge in [-0.05, 0) is 45.1 Å². The first kappa shape index (κ1) is 12.9. The predicted molar refractivity (Wildman–Crippen MR) is 65.0 cm³/mol. The topological polar surface area (TPSA) is 46.4 Å². The molecule has 0 atom stereocenters. The van der Waals surface area contributed by atoms with Crippen LogP contribution in [0.25, 0.3) is 0 Å². The molecule has 1 aromatic carbocycles. The number of nitro benzene ring substituents is 1. The van der Waals surface area contributed by atoms with E-state index in [9.17, 15) is 10.1 Å². The predicted octanol–water partition coefficient (Wildman–Crippen LogP) is 2.74. The fraction of sp³-hybridized carbons (Fsp3) is 0.455. The van der Waals surface area contributed by atoms with E-state index in [-0.39, 0.29) is 5.69 Å². The van der Waals surface area contributed by atoms with Gasteiger partial charge in [-0.1, -0.05) is 11.6 Å². The molecule has 5 heteroatoms. The Kier molecular flexibility index (Phi) is 4.71. The lowest BCUT2D eigenvalue weighted by Gasteiger charge is -2.09. The smallest absolute Gasteiger partial charge is 0.269 e. The van der Waals surface area contributed by atoms with Crippen LogP contribution in [0.1, 0.15) is 12.0 Å². The van der Waals surface area contributed by atoms with Gasteiger partial charge in [-0.2, -0.15) is 0 Å². The van der Waals surface area contributed by atoms with Crippen molar-refractivity contribution in [2.75, 3.05) is 20.6 Å². The first-order valence-electron chi connectivity index (χ1n) is 5.08. The van der Waals surface area contributed by atoms with Gasteiger partial charge >= 0.3 is 0 Å². The average Bonchev–Trinajstić information content (AvgIpc) is 2.20. The summed E-state index contributed by atoms with van der Waals surface area (Å²) in [6, 6.07) is 4.57. The molecule has 0 unspecified atom stereocenters. The summed E-state index contributed by atoms with van der Waals surface area (Å²) >= 11 is 5.98. The van der Waals surface area contributed by atoms with Crippen molar-refractivity contribution in [1.82, 2.24) is 4.90 Å². The van der Waals surface area contributed by atoms with Crippen LogP contribution in [0.2, 0.25) is 5.02 Å². The summed E-state index contributed by atoms with van der Waals surface area (Å²) in [4.78, 5) is 12.3. The largest absolute Gasteiger partial charge is 0.309 e. The number of hydrogen-bond donors (Lipinski definition) is 0. The molecule has 0 aliphatic heterocycles. The minimum absolute atomic E-state index is 0.101. The molecule has 0 saturated heterocycles. The average molecular weight is 243 g/mol. The Morgan fingerprint density at radius 1 is 1.44 bits per heavy atom. The van der Waals surface area contributed by atoms with Crippen molar-refractivity contribution in [2.24, 2.45) is 0 Å². The first-order valence-corrected chi connectivity index (χ1v) is 5.46. The van der Waals surface area contributed by atoms with Gasteiger partial charge < -0.3 is 4.90 Å². The number of rotatable bonds is 5. The zero-order valence-corrected chi connectivity index (χ0v) is 10.2. The SMILES string of the molecule is CN(C)CCCc1cc([N+](=O)[O-])ccc1Cl. The second-order valence-electron chi connectivity index (χ2n) is 3.94. The number of nitrogens with zero attached hydrogens (tertiary/aromatic N) is 2. The van der Waals surface area contributed by atoms with Gasteiger partial charge in [0.25, 0.3) is 5.69 Å². The van der Waals surface area contributed by atoms with Gasteiger partial charge in [-0.3, -0.25) is 10.1 Å². The third kappa shape index (κ3) is 3.79. The number of hydrogen-bond acceptors (Lipinski definition) is 3. The van der Waals surface area contributed by atoms with E-state index in [1.165, 1.54) is 6.07 Å². The lowest BCUT2D eigenvalue weighted by atomic mass is 10.1. The highest BCUT2D eigenvalue weighted by Crippen LogP contribution is 2.23. The Hall–Kier alpha value is -1.13. The number of aryl methyl sites for hydroxylation is 1. The monoisotopic (exact) mass is 242 g/mol. The molecule has 0 heterocycles. The van der Waals surface area contributed by atoms with Crippen LogP contribution < -0.4 is 0 Å². The van der Waals surface area contributed by atoms with E-state index in [0.29, 0.717) is 5.02 Å². The third-order valence-corrected chi connectivity index (χ3v) is 2.66. The van der Waals surface area contributed by atoms with Gasteiger partial charge in [-0.15, -0.1) is 0 Å². The second kappa shape index (κ2) is 5.82. The van der Waals surface area contributed by atoms with Crippen LogP contribution in [0.4, 0.5) is 5.69 Å². The highest BCUT2D eigenvalue weighted by molar-refractivity contribution is 6.31. The molecule has 0 fully saturated rings. The third-order valence-electron chi connectivity index (χ3n) is 2.29. The summed E-state index contributed by atoms with van der Waals surface area (Å²) in [5, 5.41) is 11.2. The zero-order valence-electron chi connectivity index (χ0n) is 9.44. The maximum absolute atomic E-state index is 10.6. The summed E-state index contributed by atoms with van der Waals surface area (Å²) < 4.78 is 0. The molecular formula is C11H15ClN2O2. The van der Waals surface area contributed by atoms with E-state index in [2.05, 4.69) is 4.90 Å². The highest BCUT2D eigenvalue weighted by Gasteiger charge is 2.09. The summed E-state index contributed by atoms with van der Waals surface area (Å²) in [7, 11) is 3.99. The molecule has 16 heavy (non-hydrogen) atoms. The first-order chi connectivity index (χ1) is 7.50. The Morgan fingerprint density at radius 3 is 2.69 bits per heavy atom. The van der Waals surface area contributed by atoms with Crippen LogP contribution in [0.5, 0.6) is 0 Å². The molecule has 0 spiro atoms. The molecule has 0 N–H and O–H groups in total. The maximum atomic E-state index is 10.6. The zero-order chi connectivity index (χ0) is 12.1. The fourth-order valence-electron chi connectivity index (χ4n) is 1.45. The Labute approximate surface area is 100.0 Å². The molecule has 4 nitrogen and oxygen atoms in total. The molecule has 0 radical (unpaired) electrons. The number of nitro groups is 1. The van der Waals surface area contributed by atoms with E-state index in [1.807, 2.05) is 14.1 Å². The minimum atomic E-state index is -0.397.